The van der Waals surface area contributed by atoms with Gasteiger partial charge < -0.3 is 10.1 Å². The normalized spacial score (nSPS) is 10.9. The second kappa shape index (κ2) is 7.25. The second-order valence-corrected chi connectivity index (χ2v) is 6.96. The van der Waals surface area contributed by atoms with E-state index in [0.717, 1.165) is 27.6 Å². The first-order valence-corrected chi connectivity index (χ1v) is 9.60. The van der Waals surface area contributed by atoms with Crippen molar-refractivity contribution in [1.82, 2.24) is 9.38 Å². The molecule has 4 aromatic rings. The van der Waals surface area contributed by atoms with Gasteiger partial charge in [0.2, 0.25) is 0 Å². The summed E-state index contributed by atoms with van der Waals surface area (Å²) < 4.78 is 7.63. The minimum atomic E-state index is -0.196. The van der Waals surface area contributed by atoms with Crippen molar-refractivity contribution in [3.05, 3.63) is 71.4 Å². The van der Waals surface area contributed by atoms with E-state index >= 15 is 0 Å². The highest BCUT2D eigenvalue weighted by molar-refractivity contribution is 7.15. The van der Waals surface area contributed by atoms with Crippen LogP contribution < -0.4 is 10.1 Å². The maximum atomic E-state index is 12.7. The molecule has 2 heterocycles. The van der Waals surface area contributed by atoms with Crippen molar-refractivity contribution >= 4 is 27.9 Å². The van der Waals surface area contributed by atoms with E-state index in [1.165, 1.54) is 0 Å². The van der Waals surface area contributed by atoms with Crippen molar-refractivity contribution in [2.45, 2.75) is 13.8 Å². The van der Waals surface area contributed by atoms with Crippen molar-refractivity contribution in [2.24, 2.45) is 0 Å². The number of benzene rings is 2. The minimum absolute atomic E-state index is 0.196. The molecule has 0 atom stereocenters. The van der Waals surface area contributed by atoms with Gasteiger partial charge in [-0.1, -0.05) is 24.3 Å². The van der Waals surface area contributed by atoms with Crippen LogP contribution in [0, 0.1) is 6.92 Å². The zero-order valence-electron chi connectivity index (χ0n) is 15.1. The Bertz CT molecular complexity index is 1110. The number of ether oxygens (including phenoxy) is 1. The molecule has 2 aromatic heterocycles. The van der Waals surface area contributed by atoms with Gasteiger partial charge in [-0.25, -0.2) is 4.98 Å². The summed E-state index contributed by atoms with van der Waals surface area (Å²) in [7, 11) is 0. The average Bonchev–Trinajstić information content (AvgIpc) is 3.25. The van der Waals surface area contributed by atoms with Crippen LogP contribution in [0.5, 0.6) is 5.75 Å². The Hall–Kier alpha value is -3.12. The predicted molar refractivity (Wildman–Crippen MR) is 109 cm³/mol. The second-order valence-electron chi connectivity index (χ2n) is 6.12. The monoisotopic (exact) mass is 377 g/mol. The lowest BCUT2D eigenvalue weighted by Crippen LogP contribution is -2.13. The fraction of sp³-hybridized carbons (Fsp3) is 0.143. The molecule has 5 nitrogen and oxygen atoms in total. The third-order valence-electron chi connectivity index (χ3n) is 4.24. The van der Waals surface area contributed by atoms with Crippen LogP contribution in [-0.4, -0.2) is 21.9 Å². The summed E-state index contributed by atoms with van der Waals surface area (Å²) in [6.07, 6.45) is 2.02. The van der Waals surface area contributed by atoms with Gasteiger partial charge in [-0.2, -0.15) is 0 Å². The van der Waals surface area contributed by atoms with Gasteiger partial charge in [-0.15, -0.1) is 11.3 Å². The van der Waals surface area contributed by atoms with E-state index in [2.05, 4.69) is 27.0 Å². The molecule has 0 saturated heterocycles. The Morgan fingerprint density at radius 3 is 2.89 bits per heavy atom. The lowest BCUT2D eigenvalue weighted by atomic mass is 10.1. The fourth-order valence-electron chi connectivity index (χ4n) is 2.92. The number of anilines is 1. The van der Waals surface area contributed by atoms with E-state index in [4.69, 9.17) is 4.74 Å². The highest BCUT2D eigenvalue weighted by Crippen LogP contribution is 2.26. The first kappa shape index (κ1) is 17.3. The number of imidazole rings is 1. The molecular weight excluding hydrogens is 358 g/mol. The predicted octanol–water partition coefficient (Wildman–Crippen LogP) is 5.02. The van der Waals surface area contributed by atoms with Gasteiger partial charge in [0.1, 0.15) is 5.75 Å². The number of amides is 1. The molecule has 1 amide bonds. The van der Waals surface area contributed by atoms with Crippen molar-refractivity contribution in [2.75, 3.05) is 11.9 Å². The number of fused-ring (bicyclic) bond motifs is 1. The molecule has 0 aliphatic carbocycles. The molecule has 0 aliphatic rings. The van der Waals surface area contributed by atoms with Crippen LogP contribution in [0.15, 0.2) is 60.1 Å². The number of thiazole rings is 1. The van der Waals surface area contributed by atoms with Gasteiger partial charge in [0.05, 0.1) is 17.9 Å². The Morgan fingerprint density at radius 2 is 2.07 bits per heavy atom. The van der Waals surface area contributed by atoms with Crippen LogP contribution in [0.1, 0.15) is 23.0 Å². The number of hydrogen-bond acceptors (Lipinski definition) is 4. The minimum Gasteiger partial charge on any atom is -0.493 e. The van der Waals surface area contributed by atoms with Gasteiger partial charge in [0.15, 0.2) is 4.96 Å². The molecule has 0 unspecified atom stereocenters. The fourth-order valence-corrected chi connectivity index (χ4v) is 3.77. The van der Waals surface area contributed by atoms with E-state index in [9.17, 15) is 4.79 Å². The molecule has 0 spiro atoms. The van der Waals surface area contributed by atoms with Crippen LogP contribution in [0.3, 0.4) is 0 Å². The summed E-state index contributed by atoms with van der Waals surface area (Å²) in [6, 6.07) is 15.0. The van der Waals surface area contributed by atoms with Crippen LogP contribution in [-0.2, 0) is 0 Å². The van der Waals surface area contributed by atoms with E-state index in [-0.39, 0.29) is 5.91 Å². The van der Waals surface area contributed by atoms with Crippen LogP contribution >= 0.6 is 11.3 Å². The first-order chi connectivity index (χ1) is 13.2. The van der Waals surface area contributed by atoms with Crippen molar-refractivity contribution < 1.29 is 9.53 Å². The number of para-hydroxylation sites is 1. The summed E-state index contributed by atoms with van der Waals surface area (Å²) in [5.41, 5.74) is 4.24. The molecule has 0 bridgehead atoms. The average molecular weight is 377 g/mol. The standard InChI is InChI=1S/C21H19N3O2S/c1-3-26-19-10-5-4-9-17(19)20(25)22-16-8-6-7-15(11-16)18-12-24-14(2)13-27-21(24)23-18/h4-13H,3H2,1-2H3,(H,22,25). The molecule has 0 fully saturated rings. The number of rotatable bonds is 5. The maximum absolute atomic E-state index is 12.7. The number of nitrogens with zero attached hydrogens (tertiary/aromatic N) is 2. The molecule has 4 rings (SSSR count). The molecule has 1 N–H and O–H groups in total. The number of carbonyl (C=O) groups excluding carboxylic acids is 1. The van der Waals surface area contributed by atoms with Gasteiger partial charge in [0, 0.05) is 28.5 Å². The summed E-state index contributed by atoms with van der Waals surface area (Å²) >= 11 is 1.62. The topological polar surface area (TPSA) is 55.6 Å². The number of hydrogen-bond donors (Lipinski definition) is 1. The quantitative estimate of drug-likeness (QED) is 0.531. The zero-order valence-corrected chi connectivity index (χ0v) is 15.9. The number of carbonyl (C=O) groups is 1. The van der Waals surface area contributed by atoms with Crippen LogP contribution in [0.25, 0.3) is 16.2 Å². The molecule has 0 saturated carbocycles. The van der Waals surface area contributed by atoms with Crippen molar-refractivity contribution in [3.8, 4) is 17.0 Å². The highest BCUT2D eigenvalue weighted by Gasteiger charge is 2.13. The number of nitrogens with one attached hydrogen (secondary N) is 1. The summed E-state index contributed by atoms with van der Waals surface area (Å²) in [5.74, 6) is 0.385. The van der Waals surface area contributed by atoms with E-state index in [0.29, 0.717) is 17.9 Å². The molecule has 0 radical (unpaired) electrons. The lowest BCUT2D eigenvalue weighted by molar-refractivity contribution is 0.102. The number of aromatic nitrogens is 2. The van der Waals surface area contributed by atoms with E-state index in [1.54, 1.807) is 23.5 Å². The van der Waals surface area contributed by atoms with Crippen LogP contribution in [0.2, 0.25) is 0 Å². The van der Waals surface area contributed by atoms with E-state index in [1.807, 2.05) is 49.5 Å². The SMILES string of the molecule is CCOc1ccccc1C(=O)Nc1cccc(-c2cn3c(C)csc3n2)c1. The van der Waals surface area contributed by atoms with Gasteiger partial charge >= 0.3 is 0 Å². The molecule has 6 heteroatoms. The van der Waals surface area contributed by atoms with E-state index < -0.39 is 0 Å². The van der Waals surface area contributed by atoms with Gasteiger partial charge in [-0.05, 0) is 38.1 Å². The lowest BCUT2D eigenvalue weighted by Gasteiger charge is -2.11. The third-order valence-corrected chi connectivity index (χ3v) is 5.19. The molecular formula is C21H19N3O2S. The smallest absolute Gasteiger partial charge is 0.259 e. The zero-order chi connectivity index (χ0) is 18.8. The Labute approximate surface area is 161 Å². The van der Waals surface area contributed by atoms with Gasteiger partial charge in [-0.3, -0.25) is 9.20 Å². The Kier molecular flexibility index (Phi) is 4.64. The summed E-state index contributed by atoms with van der Waals surface area (Å²) in [4.78, 5) is 18.3. The maximum Gasteiger partial charge on any atom is 0.259 e. The molecule has 27 heavy (non-hydrogen) atoms. The molecule has 136 valence electrons. The highest BCUT2D eigenvalue weighted by atomic mass is 32.1. The largest absolute Gasteiger partial charge is 0.493 e. The molecule has 0 aliphatic heterocycles. The summed E-state index contributed by atoms with van der Waals surface area (Å²) in [6.45, 7) is 4.47. The van der Waals surface area contributed by atoms with Gasteiger partial charge in [0.25, 0.3) is 5.91 Å². The Morgan fingerprint density at radius 1 is 1.22 bits per heavy atom. The summed E-state index contributed by atoms with van der Waals surface area (Å²) in [5, 5.41) is 5.04. The van der Waals surface area contributed by atoms with Crippen LogP contribution in [0.4, 0.5) is 5.69 Å². The van der Waals surface area contributed by atoms with Crippen molar-refractivity contribution in [1.29, 1.82) is 0 Å². The Balaban J connectivity index is 1.60. The number of aryl methyl sites for hydroxylation is 1. The first-order valence-electron chi connectivity index (χ1n) is 8.72. The third kappa shape index (κ3) is 3.44. The molecule has 2 aromatic carbocycles. The van der Waals surface area contributed by atoms with Crippen molar-refractivity contribution in [3.63, 3.8) is 0 Å².